The van der Waals surface area contributed by atoms with E-state index in [1.807, 2.05) is 18.2 Å². The van der Waals surface area contributed by atoms with Crippen LogP contribution < -0.4 is 15.0 Å². The predicted octanol–water partition coefficient (Wildman–Crippen LogP) is 1.66. The largest absolute Gasteiger partial charge is 0.497 e. The highest BCUT2D eigenvalue weighted by Gasteiger charge is 2.30. The maximum atomic E-state index is 12.1. The number of fused-ring (bicyclic) bond motifs is 1. The van der Waals surface area contributed by atoms with Gasteiger partial charge in [-0.05, 0) is 24.3 Å². The molecule has 1 fully saturated rings. The lowest BCUT2D eigenvalue weighted by molar-refractivity contribution is 0.0924. The number of hydrogen-bond acceptors (Lipinski definition) is 6. The zero-order valence-corrected chi connectivity index (χ0v) is 14.2. The number of ether oxygens (including phenoxy) is 1. The van der Waals surface area contributed by atoms with Crippen LogP contribution in [0.2, 0.25) is 0 Å². The molecule has 1 N–H and O–H groups in total. The quantitative estimate of drug-likeness (QED) is 0.780. The highest BCUT2D eigenvalue weighted by molar-refractivity contribution is 7.22. The van der Waals surface area contributed by atoms with Gasteiger partial charge in [-0.1, -0.05) is 11.3 Å². The lowest BCUT2D eigenvalue weighted by atomic mass is 10.1. The number of aromatic nitrogens is 3. The van der Waals surface area contributed by atoms with E-state index in [2.05, 4.69) is 20.3 Å². The van der Waals surface area contributed by atoms with Crippen molar-refractivity contribution in [1.29, 1.82) is 0 Å². The Bertz CT molecular complexity index is 897. The molecule has 1 saturated heterocycles. The number of rotatable bonds is 4. The van der Waals surface area contributed by atoms with Crippen LogP contribution in [-0.2, 0) is 7.05 Å². The van der Waals surface area contributed by atoms with Gasteiger partial charge < -0.3 is 15.0 Å². The molecule has 0 radical (unpaired) electrons. The fourth-order valence-corrected chi connectivity index (χ4v) is 3.69. The zero-order valence-electron chi connectivity index (χ0n) is 13.4. The third-order valence-corrected chi connectivity index (χ3v) is 5.10. The molecule has 3 heterocycles. The molecule has 1 aliphatic rings. The first kappa shape index (κ1) is 14.9. The maximum absolute atomic E-state index is 12.1. The third kappa shape index (κ3) is 2.69. The molecule has 4 rings (SSSR count). The van der Waals surface area contributed by atoms with Gasteiger partial charge in [0.25, 0.3) is 5.91 Å². The Morgan fingerprint density at radius 1 is 1.38 bits per heavy atom. The number of nitrogens with zero attached hydrogens (tertiary/aromatic N) is 4. The minimum Gasteiger partial charge on any atom is -0.497 e. The molecule has 8 heteroatoms. The number of methoxy groups -OCH3 is 1. The van der Waals surface area contributed by atoms with Crippen molar-refractivity contribution in [3.8, 4) is 5.75 Å². The van der Waals surface area contributed by atoms with Crippen molar-refractivity contribution in [1.82, 2.24) is 20.1 Å². The highest BCUT2D eigenvalue weighted by Crippen LogP contribution is 2.33. The number of nitrogens with one attached hydrogen (secondary N) is 1. The second-order valence-electron chi connectivity index (χ2n) is 5.78. The minimum atomic E-state index is -0.130. The molecule has 0 unspecified atom stereocenters. The number of benzene rings is 1. The molecule has 0 bridgehead atoms. The van der Waals surface area contributed by atoms with Gasteiger partial charge in [0.1, 0.15) is 11.4 Å². The van der Waals surface area contributed by atoms with Gasteiger partial charge in [0, 0.05) is 26.3 Å². The molecule has 0 atom stereocenters. The first-order valence-corrected chi connectivity index (χ1v) is 8.44. The molecular weight excluding hydrogens is 326 g/mol. The molecular formula is C16H17N5O2S. The Hall–Kier alpha value is -2.61. The lowest BCUT2D eigenvalue weighted by Crippen LogP contribution is -2.59. The van der Waals surface area contributed by atoms with E-state index in [9.17, 15) is 4.79 Å². The van der Waals surface area contributed by atoms with E-state index in [1.165, 1.54) is 0 Å². The van der Waals surface area contributed by atoms with Crippen LogP contribution in [0.5, 0.6) is 5.75 Å². The number of anilines is 1. The first-order chi connectivity index (χ1) is 11.6. The summed E-state index contributed by atoms with van der Waals surface area (Å²) in [6, 6.07) is 7.72. The minimum absolute atomic E-state index is 0.126. The average molecular weight is 343 g/mol. The summed E-state index contributed by atoms with van der Waals surface area (Å²) >= 11 is 1.64. The van der Waals surface area contributed by atoms with Gasteiger partial charge >= 0.3 is 0 Å². The molecule has 0 aliphatic carbocycles. The predicted molar refractivity (Wildman–Crippen MR) is 92.8 cm³/mol. The maximum Gasteiger partial charge on any atom is 0.272 e. The van der Waals surface area contributed by atoms with Crippen LogP contribution in [0.25, 0.3) is 10.2 Å². The molecule has 124 valence electrons. The molecule has 2 aromatic heterocycles. The van der Waals surface area contributed by atoms with Gasteiger partial charge in [-0.3, -0.25) is 9.48 Å². The van der Waals surface area contributed by atoms with Crippen LogP contribution >= 0.6 is 11.3 Å². The highest BCUT2D eigenvalue weighted by atomic mass is 32.1. The summed E-state index contributed by atoms with van der Waals surface area (Å²) in [5.41, 5.74) is 1.42. The number of amides is 1. The van der Waals surface area contributed by atoms with Crippen LogP contribution in [0.4, 0.5) is 5.13 Å². The van der Waals surface area contributed by atoms with Crippen LogP contribution in [-0.4, -0.2) is 46.9 Å². The summed E-state index contributed by atoms with van der Waals surface area (Å²) in [6.07, 6.45) is 1.76. The van der Waals surface area contributed by atoms with Crippen molar-refractivity contribution in [2.45, 2.75) is 6.04 Å². The molecule has 7 nitrogen and oxygen atoms in total. The Morgan fingerprint density at radius 3 is 2.92 bits per heavy atom. The summed E-state index contributed by atoms with van der Waals surface area (Å²) in [5.74, 6) is 0.705. The Balaban J connectivity index is 1.39. The molecule has 1 aromatic carbocycles. The molecule has 24 heavy (non-hydrogen) atoms. The topological polar surface area (TPSA) is 72.3 Å². The number of carbonyl (C=O) groups excluding carboxylic acids is 1. The number of aryl methyl sites for hydroxylation is 1. The Labute approximate surface area is 142 Å². The van der Waals surface area contributed by atoms with Crippen molar-refractivity contribution >= 4 is 32.6 Å². The standard InChI is InChI=1S/C16H17N5O2S/c1-20-6-5-13(19-20)15(22)17-10-8-21(9-10)16-18-12-4-3-11(23-2)7-14(12)24-16/h3-7,10H,8-9H2,1-2H3,(H,17,22). The van der Waals surface area contributed by atoms with Crippen LogP contribution in [0, 0.1) is 0 Å². The van der Waals surface area contributed by atoms with Crippen molar-refractivity contribution in [2.75, 3.05) is 25.1 Å². The summed E-state index contributed by atoms with van der Waals surface area (Å²) in [6.45, 7) is 1.52. The van der Waals surface area contributed by atoms with Crippen molar-refractivity contribution in [3.05, 3.63) is 36.2 Å². The fraction of sp³-hybridized carbons (Fsp3) is 0.312. The van der Waals surface area contributed by atoms with Gasteiger partial charge in [0.05, 0.1) is 23.4 Å². The van der Waals surface area contributed by atoms with Gasteiger partial charge in [-0.15, -0.1) is 0 Å². The van der Waals surface area contributed by atoms with E-state index in [0.717, 1.165) is 34.2 Å². The van der Waals surface area contributed by atoms with Gasteiger partial charge in [-0.25, -0.2) is 4.98 Å². The molecule has 3 aromatic rings. The Kier molecular flexibility index (Phi) is 3.61. The lowest BCUT2D eigenvalue weighted by Gasteiger charge is -2.39. The second kappa shape index (κ2) is 5.79. The van der Waals surface area contributed by atoms with Crippen molar-refractivity contribution in [2.24, 2.45) is 7.05 Å². The summed E-state index contributed by atoms with van der Waals surface area (Å²) in [4.78, 5) is 18.9. The third-order valence-electron chi connectivity index (χ3n) is 4.02. The molecule has 0 spiro atoms. The Morgan fingerprint density at radius 2 is 2.21 bits per heavy atom. The normalized spacial score (nSPS) is 14.7. The van der Waals surface area contributed by atoms with Gasteiger partial charge in [0.2, 0.25) is 0 Å². The van der Waals surface area contributed by atoms with Gasteiger partial charge in [-0.2, -0.15) is 5.10 Å². The fourth-order valence-electron chi connectivity index (χ4n) is 2.68. The summed E-state index contributed by atoms with van der Waals surface area (Å²) in [5, 5.41) is 8.09. The van der Waals surface area contributed by atoms with E-state index in [-0.39, 0.29) is 11.9 Å². The summed E-state index contributed by atoms with van der Waals surface area (Å²) < 4.78 is 7.97. The van der Waals surface area contributed by atoms with Crippen molar-refractivity contribution < 1.29 is 9.53 Å². The molecule has 0 saturated carbocycles. The van der Waals surface area contributed by atoms with Crippen LogP contribution in [0.1, 0.15) is 10.5 Å². The average Bonchev–Trinajstić information content (AvgIpc) is 3.15. The van der Waals surface area contributed by atoms with E-state index >= 15 is 0 Å². The monoisotopic (exact) mass is 343 g/mol. The first-order valence-electron chi connectivity index (χ1n) is 7.62. The molecule has 1 amide bonds. The zero-order chi connectivity index (χ0) is 16.7. The van der Waals surface area contributed by atoms with Crippen LogP contribution in [0.3, 0.4) is 0 Å². The summed E-state index contributed by atoms with van der Waals surface area (Å²) in [7, 11) is 3.46. The van der Waals surface area contributed by atoms with E-state index in [0.29, 0.717) is 5.69 Å². The SMILES string of the molecule is COc1ccc2nc(N3CC(NC(=O)c4ccn(C)n4)C3)sc2c1. The number of carbonyl (C=O) groups is 1. The number of hydrogen-bond donors (Lipinski definition) is 1. The van der Waals surface area contributed by atoms with E-state index < -0.39 is 0 Å². The van der Waals surface area contributed by atoms with Crippen molar-refractivity contribution in [3.63, 3.8) is 0 Å². The van der Waals surface area contributed by atoms with E-state index in [1.54, 1.807) is 42.4 Å². The second-order valence-corrected chi connectivity index (χ2v) is 6.79. The van der Waals surface area contributed by atoms with Gasteiger partial charge in [0.15, 0.2) is 5.13 Å². The number of thiazole rings is 1. The molecule has 1 aliphatic heterocycles. The van der Waals surface area contributed by atoms with E-state index in [4.69, 9.17) is 4.74 Å². The smallest absolute Gasteiger partial charge is 0.272 e. The van der Waals surface area contributed by atoms with Crippen LogP contribution in [0.15, 0.2) is 30.5 Å².